The van der Waals surface area contributed by atoms with Crippen LogP contribution in [0.4, 0.5) is 5.82 Å². The van der Waals surface area contributed by atoms with E-state index in [0.717, 1.165) is 41.1 Å². The third kappa shape index (κ3) is 2.00. The Balaban J connectivity index is 2.18. The van der Waals surface area contributed by atoms with Crippen LogP contribution in [-0.4, -0.2) is 35.7 Å². The number of nitriles is 1. The number of ether oxygens (including phenoxy) is 1. The van der Waals surface area contributed by atoms with Crippen molar-refractivity contribution in [3.8, 4) is 6.07 Å². The minimum Gasteiger partial charge on any atom is -0.378 e. The fourth-order valence-electron chi connectivity index (χ4n) is 3.46. The lowest BCUT2D eigenvalue weighted by Gasteiger charge is -2.31. The molecule has 1 fully saturated rings. The third-order valence-corrected chi connectivity index (χ3v) is 4.64. The largest absolute Gasteiger partial charge is 0.378 e. The molecule has 5 nitrogen and oxygen atoms in total. The van der Waals surface area contributed by atoms with Gasteiger partial charge in [0.1, 0.15) is 11.9 Å². The first-order valence-electron chi connectivity index (χ1n) is 8.05. The molecule has 0 atom stereocenters. The van der Waals surface area contributed by atoms with Crippen molar-refractivity contribution < 1.29 is 4.74 Å². The van der Waals surface area contributed by atoms with Gasteiger partial charge in [-0.3, -0.25) is 4.40 Å². The Kier molecular flexibility index (Phi) is 3.47. The minimum absolute atomic E-state index is 0.609. The number of rotatable bonds is 2. The molecule has 0 bridgehead atoms. The Bertz CT molecular complexity index is 990. The van der Waals surface area contributed by atoms with E-state index in [9.17, 15) is 5.26 Å². The van der Waals surface area contributed by atoms with Crippen LogP contribution in [0.25, 0.3) is 22.8 Å². The molecule has 2 aromatic heterocycles. The van der Waals surface area contributed by atoms with Crippen LogP contribution in [0.5, 0.6) is 0 Å². The maximum Gasteiger partial charge on any atom is 0.157 e. The lowest BCUT2D eigenvalue weighted by atomic mass is 10.0. The molecule has 0 aliphatic carbocycles. The number of hydrogen-bond acceptors (Lipinski definition) is 4. The van der Waals surface area contributed by atoms with Crippen molar-refractivity contribution in [1.82, 2.24) is 9.38 Å². The first kappa shape index (κ1) is 14.7. The van der Waals surface area contributed by atoms with Gasteiger partial charge in [0.15, 0.2) is 5.65 Å². The molecule has 0 N–H and O–H groups in total. The highest BCUT2D eigenvalue weighted by Gasteiger charge is 2.24. The fraction of sp³-hybridized carbons (Fsp3) is 0.263. The van der Waals surface area contributed by atoms with Gasteiger partial charge in [0.25, 0.3) is 0 Å². The second-order valence-electron chi connectivity index (χ2n) is 5.91. The second-order valence-corrected chi connectivity index (χ2v) is 5.91. The molecule has 0 unspecified atom stereocenters. The van der Waals surface area contributed by atoms with E-state index in [1.54, 1.807) is 0 Å². The Morgan fingerprint density at radius 1 is 1.29 bits per heavy atom. The van der Waals surface area contributed by atoms with Crippen LogP contribution in [0, 0.1) is 18.3 Å². The van der Waals surface area contributed by atoms with Crippen LogP contribution in [0.2, 0.25) is 0 Å². The van der Waals surface area contributed by atoms with Crippen LogP contribution < -0.4 is 4.90 Å². The molecule has 1 saturated heterocycles. The predicted molar refractivity (Wildman–Crippen MR) is 95.3 cm³/mol. The van der Waals surface area contributed by atoms with Gasteiger partial charge in [0.2, 0.25) is 0 Å². The second kappa shape index (κ2) is 5.66. The van der Waals surface area contributed by atoms with Crippen molar-refractivity contribution in [3.63, 3.8) is 0 Å². The molecule has 0 spiro atoms. The molecule has 0 saturated carbocycles. The van der Waals surface area contributed by atoms with Gasteiger partial charge in [-0.2, -0.15) is 5.26 Å². The number of pyridine rings is 1. The van der Waals surface area contributed by atoms with Gasteiger partial charge in [-0.1, -0.05) is 24.8 Å². The summed E-state index contributed by atoms with van der Waals surface area (Å²) in [5.74, 6) is 1.05. The van der Waals surface area contributed by atoms with Crippen LogP contribution >= 0.6 is 0 Å². The first-order valence-corrected chi connectivity index (χ1v) is 8.05. The summed E-state index contributed by atoms with van der Waals surface area (Å²) in [6.45, 7) is 8.99. The van der Waals surface area contributed by atoms with Gasteiger partial charge in [0, 0.05) is 18.7 Å². The monoisotopic (exact) mass is 318 g/mol. The normalized spacial score (nSPS) is 14.9. The smallest absolute Gasteiger partial charge is 0.157 e. The molecule has 1 aliphatic rings. The van der Waals surface area contributed by atoms with Crippen LogP contribution in [0.1, 0.15) is 16.7 Å². The summed E-state index contributed by atoms with van der Waals surface area (Å²) < 4.78 is 7.61. The molecular formula is C19H18N4O. The Morgan fingerprint density at radius 3 is 2.75 bits per heavy atom. The average molecular weight is 318 g/mol. The molecule has 1 aromatic carbocycles. The van der Waals surface area contributed by atoms with Crippen molar-refractivity contribution in [3.05, 3.63) is 47.5 Å². The molecule has 24 heavy (non-hydrogen) atoms. The van der Waals surface area contributed by atoms with Crippen LogP contribution in [-0.2, 0) is 4.74 Å². The number of anilines is 1. The fourth-order valence-corrected chi connectivity index (χ4v) is 3.46. The molecular weight excluding hydrogens is 300 g/mol. The number of morpholine rings is 1. The number of aromatic nitrogens is 2. The molecule has 3 aromatic rings. The highest BCUT2D eigenvalue weighted by atomic mass is 16.5. The van der Waals surface area contributed by atoms with E-state index < -0.39 is 0 Å². The number of hydrogen-bond donors (Lipinski definition) is 0. The van der Waals surface area contributed by atoms with Gasteiger partial charge in [-0.15, -0.1) is 0 Å². The summed E-state index contributed by atoms with van der Waals surface area (Å²) >= 11 is 0. The maximum absolute atomic E-state index is 9.69. The number of fused-ring (bicyclic) bond motifs is 3. The van der Waals surface area contributed by atoms with E-state index in [1.165, 1.54) is 0 Å². The summed E-state index contributed by atoms with van der Waals surface area (Å²) in [5.41, 5.74) is 5.14. The average Bonchev–Trinajstić information content (AvgIpc) is 3.00. The highest BCUT2D eigenvalue weighted by Crippen LogP contribution is 2.34. The van der Waals surface area contributed by atoms with E-state index in [2.05, 4.69) is 21.9 Å². The summed E-state index contributed by atoms with van der Waals surface area (Å²) in [6.07, 6.45) is 1.84. The quantitative estimate of drug-likeness (QED) is 0.728. The van der Waals surface area contributed by atoms with Crippen molar-refractivity contribution in [2.75, 3.05) is 31.2 Å². The molecule has 0 radical (unpaired) electrons. The van der Waals surface area contributed by atoms with E-state index >= 15 is 0 Å². The van der Waals surface area contributed by atoms with Gasteiger partial charge in [-0.05, 0) is 24.6 Å². The summed E-state index contributed by atoms with van der Waals surface area (Å²) in [5, 5.41) is 9.69. The number of para-hydroxylation sites is 2. The standard InChI is InChI=1S/C19H18N4O/c1-3-14-13(2)15(12-20)18-21-16-6-4-5-7-17(16)23(18)19(14)22-8-10-24-11-9-22/h3-7H,1,8-11H2,2H3. The zero-order valence-electron chi connectivity index (χ0n) is 13.6. The lowest BCUT2D eigenvalue weighted by Crippen LogP contribution is -2.38. The third-order valence-electron chi connectivity index (χ3n) is 4.64. The van der Waals surface area contributed by atoms with Crippen LogP contribution in [0.3, 0.4) is 0 Å². The lowest BCUT2D eigenvalue weighted by molar-refractivity contribution is 0.122. The SMILES string of the molecule is C=Cc1c(C)c(C#N)c2nc3ccccc3n2c1N1CCOCC1. The van der Waals surface area contributed by atoms with Gasteiger partial charge in [0.05, 0.1) is 29.8 Å². The number of benzene rings is 1. The van der Waals surface area contributed by atoms with Gasteiger partial charge < -0.3 is 9.64 Å². The zero-order valence-corrected chi connectivity index (χ0v) is 13.6. The molecule has 5 heteroatoms. The van der Waals surface area contributed by atoms with Gasteiger partial charge in [-0.25, -0.2) is 4.98 Å². The number of imidazole rings is 1. The molecule has 3 heterocycles. The molecule has 4 rings (SSSR count). The van der Waals surface area contributed by atoms with Gasteiger partial charge >= 0.3 is 0 Å². The van der Waals surface area contributed by atoms with Crippen molar-refractivity contribution in [1.29, 1.82) is 5.26 Å². The van der Waals surface area contributed by atoms with Crippen molar-refractivity contribution >= 4 is 28.6 Å². The molecule has 120 valence electrons. The first-order chi connectivity index (χ1) is 11.8. The maximum atomic E-state index is 9.69. The zero-order chi connectivity index (χ0) is 16.7. The van der Waals surface area contributed by atoms with E-state index in [0.29, 0.717) is 24.4 Å². The Morgan fingerprint density at radius 2 is 2.04 bits per heavy atom. The predicted octanol–water partition coefficient (Wildman–Crippen LogP) is 3.15. The van der Waals surface area contributed by atoms with E-state index in [1.807, 2.05) is 37.3 Å². The van der Waals surface area contributed by atoms with E-state index in [4.69, 9.17) is 9.72 Å². The van der Waals surface area contributed by atoms with Crippen molar-refractivity contribution in [2.24, 2.45) is 0 Å². The summed E-state index contributed by atoms with van der Waals surface area (Å²) in [4.78, 5) is 7.03. The highest BCUT2D eigenvalue weighted by molar-refractivity contribution is 5.88. The Hall–Kier alpha value is -2.84. The Labute approximate surface area is 140 Å². The molecule has 1 aliphatic heterocycles. The van der Waals surface area contributed by atoms with E-state index in [-0.39, 0.29) is 0 Å². The topological polar surface area (TPSA) is 53.6 Å². The van der Waals surface area contributed by atoms with Crippen LogP contribution in [0.15, 0.2) is 30.8 Å². The minimum atomic E-state index is 0.609. The number of nitrogens with zero attached hydrogens (tertiary/aromatic N) is 4. The van der Waals surface area contributed by atoms with Crippen molar-refractivity contribution in [2.45, 2.75) is 6.92 Å². The summed E-state index contributed by atoms with van der Waals surface area (Å²) in [7, 11) is 0. The molecule has 0 amide bonds. The summed E-state index contributed by atoms with van der Waals surface area (Å²) in [6, 6.07) is 10.3.